The molecule has 0 radical (unpaired) electrons. The quantitative estimate of drug-likeness (QED) is 0.706. The highest BCUT2D eigenvalue weighted by Gasteiger charge is 2.27. The molecule has 0 aliphatic heterocycles. The zero-order chi connectivity index (χ0) is 16.2. The van der Waals surface area contributed by atoms with E-state index < -0.39 is 0 Å². The smallest absolute Gasteiger partial charge is 0.234 e. The van der Waals surface area contributed by atoms with E-state index in [0.717, 1.165) is 18.7 Å². The van der Waals surface area contributed by atoms with E-state index in [0.29, 0.717) is 22.4 Å². The Labute approximate surface area is 137 Å². The van der Waals surface area contributed by atoms with Crippen LogP contribution in [0.2, 0.25) is 0 Å². The molecular weight excluding hydrogens is 314 g/mol. The molecule has 3 rings (SSSR count). The van der Waals surface area contributed by atoms with Crippen LogP contribution in [-0.2, 0) is 9.59 Å². The van der Waals surface area contributed by atoms with Crippen molar-refractivity contribution in [3.63, 3.8) is 0 Å². The zero-order valence-corrected chi connectivity index (χ0v) is 13.4. The fourth-order valence-electron chi connectivity index (χ4n) is 2.07. The summed E-state index contributed by atoms with van der Waals surface area (Å²) in [5, 5.41) is 13.1. The number of thioether (sulfide) groups is 1. The summed E-state index contributed by atoms with van der Waals surface area (Å²) in [5.41, 5.74) is 1.28. The first kappa shape index (κ1) is 15.5. The third-order valence-corrected chi connectivity index (χ3v) is 4.09. The SMILES string of the molecule is CC(=O)Nc1cccc(NC(=O)CSc2n[nH]c(C3CC3)n2)c1. The Kier molecular flexibility index (Phi) is 4.61. The van der Waals surface area contributed by atoms with E-state index in [1.54, 1.807) is 24.3 Å². The Hall–Kier alpha value is -2.35. The molecule has 1 heterocycles. The number of hydrogen-bond acceptors (Lipinski definition) is 5. The van der Waals surface area contributed by atoms with Crippen LogP contribution in [0.3, 0.4) is 0 Å². The van der Waals surface area contributed by atoms with Crippen molar-refractivity contribution in [2.45, 2.75) is 30.8 Å². The van der Waals surface area contributed by atoms with E-state index in [-0.39, 0.29) is 17.6 Å². The minimum Gasteiger partial charge on any atom is -0.326 e. The second kappa shape index (κ2) is 6.82. The summed E-state index contributed by atoms with van der Waals surface area (Å²) in [6, 6.07) is 7.01. The van der Waals surface area contributed by atoms with Gasteiger partial charge in [-0.1, -0.05) is 17.8 Å². The molecule has 7 nitrogen and oxygen atoms in total. The lowest BCUT2D eigenvalue weighted by Gasteiger charge is -2.07. The van der Waals surface area contributed by atoms with Gasteiger partial charge in [-0.3, -0.25) is 14.7 Å². The second-order valence-corrected chi connectivity index (χ2v) is 6.32. The Bertz CT molecular complexity index is 726. The van der Waals surface area contributed by atoms with Crippen LogP contribution < -0.4 is 10.6 Å². The van der Waals surface area contributed by atoms with E-state index in [1.165, 1.54) is 18.7 Å². The van der Waals surface area contributed by atoms with Crippen LogP contribution in [0.4, 0.5) is 11.4 Å². The maximum Gasteiger partial charge on any atom is 0.234 e. The van der Waals surface area contributed by atoms with Gasteiger partial charge in [-0.2, -0.15) is 0 Å². The van der Waals surface area contributed by atoms with Crippen LogP contribution in [0.15, 0.2) is 29.4 Å². The molecule has 23 heavy (non-hydrogen) atoms. The molecule has 3 N–H and O–H groups in total. The molecule has 1 saturated carbocycles. The first-order valence-electron chi connectivity index (χ1n) is 7.33. The lowest BCUT2D eigenvalue weighted by Crippen LogP contribution is -2.14. The number of amides is 2. The Morgan fingerprint density at radius 2 is 2.04 bits per heavy atom. The van der Waals surface area contributed by atoms with Gasteiger partial charge in [-0.15, -0.1) is 5.10 Å². The van der Waals surface area contributed by atoms with Crippen molar-refractivity contribution in [3.8, 4) is 0 Å². The van der Waals surface area contributed by atoms with Gasteiger partial charge in [0.25, 0.3) is 0 Å². The summed E-state index contributed by atoms with van der Waals surface area (Å²) in [5.74, 6) is 1.36. The number of hydrogen-bond donors (Lipinski definition) is 3. The molecule has 0 saturated heterocycles. The highest BCUT2D eigenvalue weighted by Crippen LogP contribution is 2.38. The molecule has 1 aliphatic carbocycles. The molecule has 0 atom stereocenters. The maximum absolute atomic E-state index is 12.0. The number of nitrogens with zero attached hydrogens (tertiary/aromatic N) is 2. The van der Waals surface area contributed by atoms with Gasteiger partial charge in [-0.25, -0.2) is 4.98 Å². The number of carbonyl (C=O) groups is 2. The third kappa shape index (κ3) is 4.56. The van der Waals surface area contributed by atoms with E-state index in [2.05, 4.69) is 25.8 Å². The van der Waals surface area contributed by atoms with Crippen LogP contribution in [-0.4, -0.2) is 32.7 Å². The number of carbonyl (C=O) groups excluding carboxylic acids is 2. The van der Waals surface area contributed by atoms with Gasteiger partial charge < -0.3 is 10.6 Å². The molecule has 1 aromatic carbocycles. The van der Waals surface area contributed by atoms with E-state index in [4.69, 9.17) is 0 Å². The summed E-state index contributed by atoms with van der Waals surface area (Å²) in [6.45, 7) is 1.44. The first-order chi connectivity index (χ1) is 11.1. The van der Waals surface area contributed by atoms with E-state index >= 15 is 0 Å². The first-order valence-corrected chi connectivity index (χ1v) is 8.31. The summed E-state index contributed by atoms with van der Waals surface area (Å²) in [4.78, 5) is 27.4. The van der Waals surface area contributed by atoms with Crippen LogP contribution in [0.5, 0.6) is 0 Å². The molecule has 1 fully saturated rings. The Balaban J connectivity index is 1.51. The summed E-state index contributed by atoms with van der Waals surface area (Å²) in [7, 11) is 0. The van der Waals surface area contributed by atoms with Crippen molar-refractivity contribution in [1.82, 2.24) is 15.2 Å². The second-order valence-electron chi connectivity index (χ2n) is 5.38. The predicted molar refractivity (Wildman–Crippen MR) is 88.5 cm³/mol. The molecular formula is C15H17N5O2S. The number of H-pyrrole nitrogens is 1. The van der Waals surface area contributed by atoms with Crippen molar-refractivity contribution < 1.29 is 9.59 Å². The van der Waals surface area contributed by atoms with Crippen molar-refractivity contribution in [2.75, 3.05) is 16.4 Å². The number of rotatable bonds is 6. The fraction of sp³-hybridized carbons (Fsp3) is 0.333. The summed E-state index contributed by atoms with van der Waals surface area (Å²) in [6.07, 6.45) is 2.31. The molecule has 1 aromatic heterocycles. The third-order valence-electron chi connectivity index (χ3n) is 3.25. The Morgan fingerprint density at radius 3 is 2.74 bits per heavy atom. The van der Waals surface area contributed by atoms with Gasteiger partial charge in [0.1, 0.15) is 5.82 Å². The van der Waals surface area contributed by atoms with E-state index in [1.807, 2.05) is 0 Å². The van der Waals surface area contributed by atoms with Crippen molar-refractivity contribution in [2.24, 2.45) is 0 Å². The van der Waals surface area contributed by atoms with Crippen LogP contribution in [0, 0.1) is 0 Å². The lowest BCUT2D eigenvalue weighted by atomic mass is 10.2. The average molecular weight is 331 g/mol. The van der Waals surface area contributed by atoms with E-state index in [9.17, 15) is 9.59 Å². The van der Waals surface area contributed by atoms with Crippen LogP contribution in [0.25, 0.3) is 0 Å². The van der Waals surface area contributed by atoms with Gasteiger partial charge in [-0.05, 0) is 31.0 Å². The molecule has 120 valence electrons. The topological polar surface area (TPSA) is 99.8 Å². The van der Waals surface area contributed by atoms with Gasteiger partial charge in [0, 0.05) is 24.2 Å². The molecule has 2 aromatic rings. The molecule has 0 unspecified atom stereocenters. The highest BCUT2D eigenvalue weighted by molar-refractivity contribution is 7.99. The van der Waals surface area contributed by atoms with Crippen LogP contribution >= 0.6 is 11.8 Å². The molecule has 1 aliphatic rings. The monoisotopic (exact) mass is 331 g/mol. The number of nitrogens with one attached hydrogen (secondary N) is 3. The number of anilines is 2. The van der Waals surface area contributed by atoms with Crippen molar-refractivity contribution >= 4 is 35.0 Å². The molecule has 0 bridgehead atoms. The largest absolute Gasteiger partial charge is 0.326 e. The van der Waals surface area contributed by atoms with Crippen molar-refractivity contribution in [3.05, 3.63) is 30.1 Å². The standard InChI is InChI=1S/C15H17N5O2S/c1-9(21)16-11-3-2-4-12(7-11)17-13(22)8-23-15-18-14(19-20-15)10-5-6-10/h2-4,7,10H,5-6,8H2,1H3,(H,16,21)(H,17,22)(H,18,19,20). The number of aromatic nitrogens is 3. The fourth-order valence-corrected chi connectivity index (χ4v) is 2.67. The van der Waals surface area contributed by atoms with Gasteiger partial charge in [0.2, 0.25) is 17.0 Å². The number of aromatic amines is 1. The van der Waals surface area contributed by atoms with Crippen LogP contribution in [0.1, 0.15) is 31.5 Å². The number of benzene rings is 1. The molecule has 8 heteroatoms. The normalized spacial score (nSPS) is 13.6. The average Bonchev–Trinajstić information content (AvgIpc) is 3.24. The molecule has 0 spiro atoms. The minimum atomic E-state index is -0.153. The maximum atomic E-state index is 12.0. The van der Waals surface area contributed by atoms with Gasteiger partial charge in [0.05, 0.1) is 5.75 Å². The summed E-state index contributed by atoms with van der Waals surface area (Å²) >= 11 is 1.29. The lowest BCUT2D eigenvalue weighted by molar-refractivity contribution is -0.114. The zero-order valence-electron chi connectivity index (χ0n) is 12.6. The predicted octanol–water partition coefficient (Wildman–Crippen LogP) is 2.37. The molecule has 2 amide bonds. The Morgan fingerprint density at radius 1 is 1.30 bits per heavy atom. The van der Waals surface area contributed by atoms with Gasteiger partial charge in [0.15, 0.2) is 0 Å². The van der Waals surface area contributed by atoms with Gasteiger partial charge >= 0.3 is 0 Å². The minimum absolute atomic E-state index is 0.146. The summed E-state index contributed by atoms with van der Waals surface area (Å²) < 4.78 is 0. The highest BCUT2D eigenvalue weighted by atomic mass is 32.2. The van der Waals surface area contributed by atoms with Crippen molar-refractivity contribution in [1.29, 1.82) is 0 Å².